The molecule has 2 nitrogen and oxygen atoms in total. The van der Waals surface area contributed by atoms with Crippen LogP contribution in [0.25, 0.3) is 0 Å². The van der Waals surface area contributed by atoms with Crippen LogP contribution >= 0.6 is 15.9 Å². The highest BCUT2D eigenvalue weighted by atomic mass is 79.9. The van der Waals surface area contributed by atoms with Crippen molar-refractivity contribution in [2.75, 3.05) is 0 Å². The highest BCUT2D eigenvalue weighted by Gasteiger charge is 2.12. The van der Waals surface area contributed by atoms with Gasteiger partial charge in [-0.2, -0.15) is 0 Å². The number of para-hydroxylation sites is 1. The Hall–Kier alpha value is -1.32. The molecule has 0 spiro atoms. The van der Waals surface area contributed by atoms with Crippen molar-refractivity contribution >= 4 is 15.9 Å². The van der Waals surface area contributed by atoms with E-state index in [0.717, 1.165) is 27.8 Å². The standard InChI is InChI=1S/C16H17BrO2/c1-3-12-6-4-5-7-15(12)19-16-9-8-13(17)10-14(16)11(2)18/h4-11,18H,3H2,1-2H3. The van der Waals surface area contributed by atoms with Crippen molar-refractivity contribution in [1.82, 2.24) is 0 Å². The molecule has 1 N–H and O–H groups in total. The van der Waals surface area contributed by atoms with Gasteiger partial charge in [-0.05, 0) is 43.2 Å². The molecule has 1 atom stereocenters. The van der Waals surface area contributed by atoms with Crippen molar-refractivity contribution in [2.24, 2.45) is 0 Å². The molecule has 2 aromatic rings. The van der Waals surface area contributed by atoms with Crippen LogP contribution in [0.1, 0.15) is 31.1 Å². The summed E-state index contributed by atoms with van der Waals surface area (Å²) in [6, 6.07) is 13.6. The fraction of sp³-hybridized carbons (Fsp3) is 0.250. The zero-order chi connectivity index (χ0) is 13.8. The van der Waals surface area contributed by atoms with Gasteiger partial charge in [0.15, 0.2) is 0 Å². The van der Waals surface area contributed by atoms with Crippen molar-refractivity contribution in [3.8, 4) is 11.5 Å². The summed E-state index contributed by atoms with van der Waals surface area (Å²) in [5.74, 6) is 1.54. The molecular formula is C16H17BrO2. The van der Waals surface area contributed by atoms with Gasteiger partial charge in [0.1, 0.15) is 11.5 Å². The summed E-state index contributed by atoms with van der Waals surface area (Å²) < 4.78 is 6.90. The summed E-state index contributed by atoms with van der Waals surface area (Å²) in [6.45, 7) is 3.83. The van der Waals surface area contributed by atoms with Gasteiger partial charge in [-0.25, -0.2) is 0 Å². The van der Waals surface area contributed by atoms with Crippen LogP contribution in [-0.4, -0.2) is 5.11 Å². The fourth-order valence-corrected chi connectivity index (χ4v) is 2.33. The van der Waals surface area contributed by atoms with Crippen LogP contribution < -0.4 is 4.74 Å². The highest BCUT2D eigenvalue weighted by molar-refractivity contribution is 9.10. The van der Waals surface area contributed by atoms with Gasteiger partial charge in [0.25, 0.3) is 0 Å². The number of ether oxygens (including phenoxy) is 1. The van der Waals surface area contributed by atoms with Crippen LogP contribution in [0.4, 0.5) is 0 Å². The van der Waals surface area contributed by atoms with Crippen LogP contribution in [0.2, 0.25) is 0 Å². The molecule has 0 aromatic heterocycles. The lowest BCUT2D eigenvalue weighted by molar-refractivity contribution is 0.195. The molecular weight excluding hydrogens is 304 g/mol. The number of aryl methyl sites for hydroxylation is 1. The van der Waals surface area contributed by atoms with Crippen molar-refractivity contribution in [2.45, 2.75) is 26.4 Å². The molecule has 2 rings (SSSR count). The molecule has 0 saturated heterocycles. The molecule has 0 amide bonds. The van der Waals surface area contributed by atoms with Crippen molar-refractivity contribution in [1.29, 1.82) is 0 Å². The Morgan fingerprint density at radius 1 is 1.16 bits per heavy atom. The van der Waals surface area contributed by atoms with E-state index in [-0.39, 0.29) is 0 Å². The van der Waals surface area contributed by atoms with Gasteiger partial charge in [0, 0.05) is 10.0 Å². The van der Waals surface area contributed by atoms with Crippen LogP contribution in [-0.2, 0) is 6.42 Å². The number of benzene rings is 2. The van der Waals surface area contributed by atoms with Crippen LogP contribution in [0.3, 0.4) is 0 Å². The second kappa shape index (κ2) is 6.22. The molecule has 0 fully saturated rings. The molecule has 19 heavy (non-hydrogen) atoms. The minimum atomic E-state index is -0.568. The van der Waals surface area contributed by atoms with Gasteiger partial charge in [0.05, 0.1) is 6.10 Å². The van der Waals surface area contributed by atoms with Crippen molar-refractivity contribution in [3.05, 3.63) is 58.1 Å². The number of hydrogen-bond donors (Lipinski definition) is 1. The first-order valence-corrected chi connectivity index (χ1v) is 7.14. The lowest BCUT2D eigenvalue weighted by Gasteiger charge is -2.15. The van der Waals surface area contributed by atoms with Gasteiger partial charge in [-0.1, -0.05) is 41.1 Å². The first kappa shape index (κ1) is 14.1. The molecule has 2 aromatic carbocycles. The minimum absolute atomic E-state index is 0.568. The molecule has 0 aliphatic carbocycles. The third kappa shape index (κ3) is 3.37. The Morgan fingerprint density at radius 3 is 2.58 bits per heavy atom. The maximum Gasteiger partial charge on any atom is 0.133 e. The first-order chi connectivity index (χ1) is 9.11. The lowest BCUT2D eigenvalue weighted by Crippen LogP contribution is -1.97. The Bertz CT molecular complexity index is 564. The largest absolute Gasteiger partial charge is 0.457 e. The molecule has 0 radical (unpaired) electrons. The number of aliphatic hydroxyl groups excluding tert-OH is 1. The van der Waals surface area contributed by atoms with E-state index < -0.39 is 6.10 Å². The summed E-state index contributed by atoms with van der Waals surface area (Å²) in [5, 5.41) is 9.83. The maximum absolute atomic E-state index is 9.83. The zero-order valence-electron chi connectivity index (χ0n) is 11.1. The molecule has 100 valence electrons. The molecule has 0 saturated carbocycles. The average molecular weight is 321 g/mol. The first-order valence-electron chi connectivity index (χ1n) is 6.35. The van der Waals surface area contributed by atoms with E-state index in [9.17, 15) is 5.11 Å². The third-order valence-corrected chi connectivity index (χ3v) is 3.49. The Balaban J connectivity index is 2.38. The van der Waals surface area contributed by atoms with Crippen LogP contribution in [0, 0.1) is 0 Å². The molecule has 3 heteroatoms. The monoisotopic (exact) mass is 320 g/mol. The zero-order valence-corrected chi connectivity index (χ0v) is 12.6. The highest BCUT2D eigenvalue weighted by Crippen LogP contribution is 2.33. The van der Waals surface area contributed by atoms with E-state index >= 15 is 0 Å². The molecule has 0 aliphatic heterocycles. The Labute approximate surface area is 122 Å². The van der Waals surface area contributed by atoms with Gasteiger partial charge in [-0.15, -0.1) is 0 Å². The lowest BCUT2D eigenvalue weighted by atomic mass is 10.1. The molecule has 0 heterocycles. The summed E-state index contributed by atoms with van der Waals surface area (Å²) in [6.07, 6.45) is 0.345. The van der Waals surface area contributed by atoms with Gasteiger partial charge in [0.2, 0.25) is 0 Å². The SMILES string of the molecule is CCc1ccccc1Oc1ccc(Br)cc1C(C)O. The number of rotatable bonds is 4. The number of halogens is 1. The normalized spacial score (nSPS) is 12.2. The second-order valence-corrected chi connectivity index (χ2v) is 5.34. The quantitative estimate of drug-likeness (QED) is 0.871. The molecule has 0 aliphatic rings. The Morgan fingerprint density at radius 2 is 1.89 bits per heavy atom. The number of hydrogen-bond acceptors (Lipinski definition) is 2. The van der Waals surface area contributed by atoms with Crippen molar-refractivity contribution < 1.29 is 9.84 Å². The van der Waals surface area contributed by atoms with Crippen molar-refractivity contribution in [3.63, 3.8) is 0 Å². The Kier molecular flexibility index (Phi) is 4.61. The topological polar surface area (TPSA) is 29.5 Å². The van der Waals surface area contributed by atoms with E-state index in [4.69, 9.17) is 4.74 Å². The smallest absolute Gasteiger partial charge is 0.133 e. The summed E-state index contributed by atoms with van der Waals surface area (Å²) >= 11 is 3.41. The summed E-state index contributed by atoms with van der Waals surface area (Å²) in [5.41, 5.74) is 1.93. The third-order valence-electron chi connectivity index (χ3n) is 3.00. The van der Waals surface area contributed by atoms with Gasteiger partial charge >= 0.3 is 0 Å². The van der Waals surface area contributed by atoms with Gasteiger partial charge < -0.3 is 9.84 Å². The summed E-state index contributed by atoms with van der Waals surface area (Å²) in [7, 11) is 0. The van der Waals surface area contributed by atoms with Crippen LogP contribution in [0.15, 0.2) is 46.9 Å². The average Bonchev–Trinajstić information content (AvgIpc) is 2.41. The van der Waals surface area contributed by atoms with Gasteiger partial charge in [-0.3, -0.25) is 0 Å². The predicted molar refractivity (Wildman–Crippen MR) is 80.7 cm³/mol. The minimum Gasteiger partial charge on any atom is -0.457 e. The molecule has 1 unspecified atom stereocenters. The molecule has 0 bridgehead atoms. The maximum atomic E-state index is 9.83. The van der Waals surface area contributed by atoms with E-state index in [1.165, 1.54) is 0 Å². The predicted octanol–water partition coefficient (Wildman–Crippen LogP) is 4.86. The van der Waals surface area contributed by atoms with E-state index in [1.807, 2.05) is 36.4 Å². The number of aliphatic hydroxyl groups is 1. The van der Waals surface area contributed by atoms with E-state index in [2.05, 4.69) is 28.9 Å². The second-order valence-electron chi connectivity index (χ2n) is 4.42. The van der Waals surface area contributed by atoms with E-state index in [0.29, 0.717) is 5.75 Å². The summed E-state index contributed by atoms with van der Waals surface area (Å²) in [4.78, 5) is 0. The van der Waals surface area contributed by atoms with E-state index in [1.54, 1.807) is 6.92 Å². The van der Waals surface area contributed by atoms with Crippen LogP contribution in [0.5, 0.6) is 11.5 Å². The fourth-order valence-electron chi connectivity index (χ4n) is 1.95.